The minimum absolute atomic E-state index is 0.118. The standard InChI is InChI=1S/C15H15N3O2/c19-15(18-14-10-16-6-7-17-14)9-13-12-4-2-1-3-11(12)5-8-20-13/h1-4,6-7,10,13H,5,8-9H2,(H,17,18,19)/t13-/m1/s1. The molecule has 0 saturated carbocycles. The lowest BCUT2D eigenvalue weighted by atomic mass is 9.96. The van der Waals surface area contributed by atoms with Crippen LogP contribution in [0.15, 0.2) is 42.9 Å². The number of carbonyl (C=O) groups excluding carboxylic acids is 1. The van der Waals surface area contributed by atoms with E-state index < -0.39 is 0 Å². The summed E-state index contributed by atoms with van der Waals surface area (Å²) in [7, 11) is 0. The second-order valence-electron chi connectivity index (χ2n) is 4.65. The van der Waals surface area contributed by atoms with Crippen LogP contribution in [0.2, 0.25) is 0 Å². The van der Waals surface area contributed by atoms with Crippen molar-refractivity contribution < 1.29 is 9.53 Å². The molecule has 2 aromatic rings. The van der Waals surface area contributed by atoms with Crippen LogP contribution in [-0.4, -0.2) is 22.5 Å². The van der Waals surface area contributed by atoms with Crippen LogP contribution in [-0.2, 0) is 16.0 Å². The molecule has 3 rings (SSSR count). The quantitative estimate of drug-likeness (QED) is 0.927. The summed E-state index contributed by atoms with van der Waals surface area (Å²) in [6.45, 7) is 0.653. The zero-order valence-corrected chi connectivity index (χ0v) is 11.0. The number of carbonyl (C=O) groups is 1. The Morgan fingerprint density at radius 3 is 3.10 bits per heavy atom. The molecule has 1 atom stereocenters. The molecule has 102 valence electrons. The first kappa shape index (κ1) is 12.7. The van der Waals surface area contributed by atoms with Crippen LogP contribution < -0.4 is 5.32 Å². The van der Waals surface area contributed by atoms with Gasteiger partial charge in [-0.15, -0.1) is 0 Å². The largest absolute Gasteiger partial charge is 0.373 e. The molecule has 1 aromatic carbocycles. The maximum atomic E-state index is 12.0. The van der Waals surface area contributed by atoms with Gasteiger partial charge in [-0.1, -0.05) is 24.3 Å². The van der Waals surface area contributed by atoms with Gasteiger partial charge in [0.1, 0.15) is 0 Å². The Labute approximate surface area is 117 Å². The molecule has 1 amide bonds. The molecule has 1 aromatic heterocycles. The molecular formula is C15H15N3O2. The van der Waals surface area contributed by atoms with Gasteiger partial charge < -0.3 is 10.1 Å². The van der Waals surface area contributed by atoms with Gasteiger partial charge in [0.05, 0.1) is 25.3 Å². The Morgan fingerprint density at radius 1 is 1.35 bits per heavy atom. The molecule has 5 heteroatoms. The number of ether oxygens (including phenoxy) is 1. The van der Waals surface area contributed by atoms with Crippen molar-refractivity contribution in [2.75, 3.05) is 11.9 Å². The lowest BCUT2D eigenvalue weighted by Crippen LogP contribution is -2.22. The molecule has 1 N–H and O–H groups in total. The molecule has 1 aliphatic rings. The van der Waals surface area contributed by atoms with Gasteiger partial charge in [-0.3, -0.25) is 9.78 Å². The molecule has 20 heavy (non-hydrogen) atoms. The lowest BCUT2D eigenvalue weighted by molar-refractivity contribution is -0.119. The Hall–Kier alpha value is -2.27. The minimum atomic E-state index is -0.184. The number of nitrogens with one attached hydrogen (secondary N) is 1. The first-order chi connectivity index (χ1) is 9.83. The van der Waals surface area contributed by atoms with E-state index in [1.54, 1.807) is 12.4 Å². The van der Waals surface area contributed by atoms with Crippen LogP contribution in [0.1, 0.15) is 23.7 Å². The van der Waals surface area contributed by atoms with E-state index in [0.29, 0.717) is 12.4 Å². The van der Waals surface area contributed by atoms with Crippen LogP contribution in [0.5, 0.6) is 0 Å². The highest BCUT2D eigenvalue weighted by Gasteiger charge is 2.23. The number of nitrogens with zero attached hydrogens (tertiary/aromatic N) is 2. The van der Waals surface area contributed by atoms with Crippen LogP contribution >= 0.6 is 0 Å². The Balaban J connectivity index is 1.68. The zero-order chi connectivity index (χ0) is 13.8. The van der Waals surface area contributed by atoms with E-state index >= 15 is 0 Å². The van der Waals surface area contributed by atoms with Crippen LogP contribution in [0, 0.1) is 0 Å². The van der Waals surface area contributed by atoms with Gasteiger partial charge in [-0.05, 0) is 17.5 Å². The number of amides is 1. The number of hydrogen-bond donors (Lipinski definition) is 1. The molecule has 0 spiro atoms. The van der Waals surface area contributed by atoms with Crippen molar-refractivity contribution in [1.29, 1.82) is 0 Å². The summed E-state index contributed by atoms with van der Waals surface area (Å²) in [5, 5.41) is 2.73. The molecule has 5 nitrogen and oxygen atoms in total. The molecule has 0 radical (unpaired) electrons. The topological polar surface area (TPSA) is 64.1 Å². The Kier molecular flexibility index (Phi) is 3.69. The molecule has 0 unspecified atom stereocenters. The number of fused-ring (bicyclic) bond motifs is 1. The second-order valence-corrected chi connectivity index (χ2v) is 4.65. The summed E-state index contributed by atoms with van der Waals surface area (Å²) in [5.74, 6) is 0.341. The molecular weight excluding hydrogens is 254 g/mol. The van der Waals surface area contributed by atoms with Crippen molar-refractivity contribution in [2.24, 2.45) is 0 Å². The summed E-state index contributed by atoms with van der Waals surface area (Å²) in [5.41, 5.74) is 2.36. The fraction of sp³-hybridized carbons (Fsp3) is 0.267. The van der Waals surface area contributed by atoms with E-state index in [0.717, 1.165) is 12.0 Å². The number of anilines is 1. The highest BCUT2D eigenvalue weighted by molar-refractivity contribution is 5.90. The first-order valence-electron chi connectivity index (χ1n) is 6.58. The summed E-state index contributed by atoms with van der Waals surface area (Å²) in [6.07, 6.45) is 5.63. The molecule has 0 saturated heterocycles. The van der Waals surface area contributed by atoms with Crippen molar-refractivity contribution >= 4 is 11.7 Å². The predicted octanol–water partition coefficient (Wildman–Crippen LogP) is 2.12. The molecule has 2 heterocycles. The van der Waals surface area contributed by atoms with E-state index in [9.17, 15) is 4.79 Å². The Morgan fingerprint density at radius 2 is 2.25 bits per heavy atom. The first-order valence-corrected chi connectivity index (χ1v) is 6.58. The third-order valence-electron chi connectivity index (χ3n) is 3.29. The third-order valence-corrected chi connectivity index (χ3v) is 3.29. The highest BCUT2D eigenvalue weighted by Crippen LogP contribution is 2.29. The van der Waals surface area contributed by atoms with E-state index in [2.05, 4.69) is 21.4 Å². The van der Waals surface area contributed by atoms with E-state index in [1.807, 2.05) is 18.2 Å². The van der Waals surface area contributed by atoms with Gasteiger partial charge in [0.25, 0.3) is 0 Å². The van der Waals surface area contributed by atoms with E-state index in [4.69, 9.17) is 4.74 Å². The summed E-state index contributed by atoms with van der Waals surface area (Å²) in [4.78, 5) is 20.0. The molecule has 0 aliphatic carbocycles. The fourth-order valence-corrected chi connectivity index (χ4v) is 2.37. The third kappa shape index (κ3) is 2.83. The molecule has 0 fully saturated rings. The average molecular weight is 269 g/mol. The van der Waals surface area contributed by atoms with Crippen molar-refractivity contribution in [3.63, 3.8) is 0 Å². The van der Waals surface area contributed by atoms with Crippen molar-refractivity contribution in [3.8, 4) is 0 Å². The lowest BCUT2D eigenvalue weighted by Gasteiger charge is -2.25. The van der Waals surface area contributed by atoms with Crippen LogP contribution in [0.3, 0.4) is 0 Å². The van der Waals surface area contributed by atoms with Gasteiger partial charge in [-0.25, -0.2) is 4.98 Å². The summed E-state index contributed by atoms with van der Waals surface area (Å²) in [6, 6.07) is 8.10. The van der Waals surface area contributed by atoms with Crippen molar-refractivity contribution in [2.45, 2.75) is 18.9 Å². The van der Waals surface area contributed by atoms with Gasteiger partial charge in [0.15, 0.2) is 5.82 Å². The van der Waals surface area contributed by atoms with E-state index in [-0.39, 0.29) is 18.4 Å². The van der Waals surface area contributed by atoms with Crippen molar-refractivity contribution in [3.05, 3.63) is 54.0 Å². The van der Waals surface area contributed by atoms with Gasteiger partial charge in [0, 0.05) is 12.4 Å². The number of aromatic nitrogens is 2. The van der Waals surface area contributed by atoms with Gasteiger partial charge in [0.2, 0.25) is 5.91 Å². The molecule has 0 bridgehead atoms. The zero-order valence-electron chi connectivity index (χ0n) is 11.0. The maximum absolute atomic E-state index is 12.0. The smallest absolute Gasteiger partial charge is 0.228 e. The SMILES string of the molecule is O=C(C[C@H]1OCCc2ccccc21)Nc1cnccn1. The molecule has 1 aliphatic heterocycles. The summed E-state index contributed by atoms with van der Waals surface area (Å²) >= 11 is 0. The number of rotatable bonds is 3. The number of hydrogen-bond acceptors (Lipinski definition) is 4. The normalized spacial score (nSPS) is 17.3. The van der Waals surface area contributed by atoms with E-state index in [1.165, 1.54) is 11.8 Å². The van der Waals surface area contributed by atoms with Crippen LogP contribution in [0.4, 0.5) is 5.82 Å². The fourth-order valence-electron chi connectivity index (χ4n) is 2.37. The highest BCUT2D eigenvalue weighted by atomic mass is 16.5. The average Bonchev–Trinajstić information content (AvgIpc) is 2.48. The van der Waals surface area contributed by atoms with Gasteiger partial charge >= 0.3 is 0 Å². The predicted molar refractivity (Wildman–Crippen MR) is 74.1 cm³/mol. The Bertz CT molecular complexity index is 601. The summed E-state index contributed by atoms with van der Waals surface area (Å²) < 4.78 is 5.72. The maximum Gasteiger partial charge on any atom is 0.228 e. The van der Waals surface area contributed by atoms with Crippen molar-refractivity contribution in [1.82, 2.24) is 9.97 Å². The minimum Gasteiger partial charge on any atom is -0.373 e. The number of benzene rings is 1. The van der Waals surface area contributed by atoms with Crippen LogP contribution in [0.25, 0.3) is 0 Å². The monoisotopic (exact) mass is 269 g/mol. The second kappa shape index (κ2) is 5.79. The van der Waals surface area contributed by atoms with Gasteiger partial charge in [-0.2, -0.15) is 0 Å².